The van der Waals surface area contributed by atoms with E-state index in [-0.39, 0.29) is 0 Å². The number of ether oxygens (including phenoxy) is 1. The summed E-state index contributed by atoms with van der Waals surface area (Å²) in [6.07, 6.45) is 3.26. The monoisotopic (exact) mass is 328 g/mol. The zero-order chi connectivity index (χ0) is 16.8. The summed E-state index contributed by atoms with van der Waals surface area (Å²) >= 11 is 0. The summed E-state index contributed by atoms with van der Waals surface area (Å²) in [6, 6.07) is 13.2. The van der Waals surface area contributed by atoms with Crippen LogP contribution in [0, 0.1) is 19.8 Å². The highest BCUT2D eigenvalue weighted by Crippen LogP contribution is 2.32. The lowest BCUT2D eigenvalue weighted by molar-refractivity contribution is 0.239. The van der Waals surface area contributed by atoms with Gasteiger partial charge in [0.1, 0.15) is 5.75 Å². The van der Waals surface area contributed by atoms with Crippen LogP contribution < -0.4 is 4.74 Å². The van der Waals surface area contributed by atoms with Crippen molar-refractivity contribution >= 4 is 9.24 Å². The van der Waals surface area contributed by atoms with Crippen molar-refractivity contribution in [1.29, 1.82) is 0 Å². The van der Waals surface area contributed by atoms with E-state index in [1.54, 1.807) is 0 Å². The first-order chi connectivity index (χ1) is 11.1. The van der Waals surface area contributed by atoms with Gasteiger partial charge in [-0.2, -0.15) is 0 Å². The second-order valence-corrected chi connectivity index (χ2v) is 6.75. The van der Waals surface area contributed by atoms with Gasteiger partial charge in [-0.25, -0.2) is 0 Å². The molecule has 1 unspecified atom stereocenters. The molecule has 0 saturated carbocycles. The Morgan fingerprint density at radius 2 is 1.65 bits per heavy atom. The minimum Gasteiger partial charge on any atom is -0.493 e. The van der Waals surface area contributed by atoms with Gasteiger partial charge in [0.25, 0.3) is 0 Å². The fourth-order valence-corrected chi connectivity index (χ4v) is 3.12. The van der Waals surface area contributed by atoms with Crippen LogP contribution in [0.2, 0.25) is 0 Å². The van der Waals surface area contributed by atoms with Crippen LogP contribution in [0.5, 0.6) is 5.75 Å². The average molecular weight is 328 g/mol. The van der Waals surface area contributed by atoms with Crippen LogP contribution in [-0.2, 0) is 6.16 Å². The highest BCUT2D eigenvalue weighted by Gasteiger charge is 2.11. The van der Waals surface area contributed by atoms with Crippen LogP contribution in [-0.4, -0.2) is 6.61 Å². The molecule has 2 heteroatoms. The van der Waals surface area contributed by atoms with Crippen LogP contribution in [0.25, 0.3) is 11.1 Å². The van der Waals surface area contributed by atoms with Crippen molar-refractivity contribution in [2.45, 2.75) is 46.7 Å². The van der Waals surface area contributed by atoms with E-state index in [4.69, 9.17) is 4.74 Å². The lowest BCUT2D eigenvalue weighted by Gasteiger charge is -2.18. The quantitative estimate of drug-likeness (QED) is 0.553. The van der Waals surface area contributed by atoms with Crippen molar-refractivity contribution in [1.82, 2.24) is 0 Å². The molecular formula is C21H29OP. The molecule has 0 bridgehead atoms. The Morgan fingerprint density at radius 3 is 2.22 bits per heavy atom. The molecule has 2 aromatic rings. The summed E-state index contributed by atoms with van der Waals surface area (Å²) in [5.74, 6) is 1.68. The molecule has 2 aromatic carbocycles. The van der Waals surface area contributed by atoms with E-state index in [0.717, 1.165) is 18.5 Å². The average Bonchev–Trinajstić information content (AvgIpc) is 2.57. The van der Waals surface area contributed by atoms with E-state index in [1.165, 1.54) is 40.7 Å². The van der Waals surface area contributed by atoms with Crippen LogP contribution in [0.15, 0.2) is 36.4 Å². The molecule has 2 rings (SSSR count). The summed E-state index contributed by atoms with van der Waals surface area (Å²) in [5.41, 5.74) is 6.41. The third-order valence-corrected chi connectivity index (χ3v) is 5.06. The Hall–Kier alpha value is -1.33. The number of hydrogen-bond donors (Lipinski definition) is 0. The predicted octanol–water partition coefficient (Wildman–Crippen LogP) is 6.16. The zero-order valence-electron chi connectivity index (χ0n) is 14.9. The molecule has 0 spiro atoms. The predicted molar refractivity (Wildman–Crippen MR) is 104 cm³/mol. The van der Waals surface area contributed by atoms with Gasteiger partial charge in [-0.05, 0) is 60.3 Å². The summed E-state index contributed by atoms with van der Waals surface area (Å²) < 4.78 is 6.15. The molecule has 0 aliphatic heterocycles. The minimum absolute atomic E-state index is 0.643. The molecule has 1 nitrogen and oxygen atoms in total. The van der Waals surface area contributed by atoms with E-state index in [1.807, 2.05) is 0 Å². The molecule has 0 heterocycles. The third kappa shape index (κ3) is 4.58. The Labute approximate surface area is 143 Å². The van der Waals surface area contributed by atoms with Crippen molar-refractivity contribution in [3.05, 3.63) is 53.1 Å². The van der Waals surface area contributed by atoms with Gasteiger partial charge in [0.05, 0.1) is 6.61 Å². The number of aryl methyl sites for hydroxylation is 2. The summed E-state index contributed by atoms with van der Waals surface area (Å²) in [5, 5.41) is 0. The first-order valence-electron chi connectivity index (χ1n) is 8.62. The number of rotatable bonds is 7. The molecule has 0 aromatic heterocycles. The Balaban J connectivity index is 2.29. The van der Waals surface area contributed by atoms with Crippen molar-refractivity contribution in [3.8, 4) is 16.9 Å². The van der Waals surface area contributed by atoms with Gasteiger partial charge in [0, 0.05) is 0 Å². The van der Waals surface area contributed by atoms with Crippen molar-refractivity contribution in [3.63, 3.8) is 0 Å². The first-order valence-corrected chi connectivity index (χ1v) is 9.44. The molecule has 23 heavy (non-hydrogen) atoms. The molecule has 0 N–H and O–H groups in total. The molecule has 1 atom stereocenters. The molecule has 0 amide bonds. The second-order valence-electron chi connectivity index (χ2n) is 6.34. The maximum atomic E-state index is 6.15. The molecule has 0 aliphatic carbocycles. The molecule has 0 aliphatic rings. The highest BCUT2D eigenvalue weighted by atomic mass is 31.0. The van der Waals surface area contributed by atoms with Crippen LogP contribution in [0.3, 0.4) is 0 Å². The molecule has 124 valence electrons. The number of benzene rings is 2. The fourth-order valence-electron chi connectivity index (χ4n) is 2.80. The lowest BCUT2D eigenvalue weighted by atomic mass is 9.97. The van der Waals surface area contributed by atoms with Crippen molar-refractivity contribution in [2.75, 3.05) is 6.61 Å². The molecular weight excluding hydrogens is 299 g/mol. The van der Waals surface area contributed by atoms with Crippen LogP contribution in [0.4, 0.5) is 0 Å². The van der Waals surface area contributed by atoms with E-state index in [9.17, 15) is 0 Å². The largest absolute Gasteiger partial charge is 0.493 e. The van der Waals surface area contributed by atoms with Gasteiger partial charge >= 0.3 is 0 Å². The Bertz CT molecular complexity index is 627. The van der Waals surface area contributed by atoms with Crippen LogP contribution in [0.1, 0.15) is 43.4 Å². The van der Waals surface area contributed by atoms with Gasteiger partial charge in [-0.15, -0.1) is 9.24 Å². The zero-order valence-corrected chi connectivity index (χ0v) is 16.0. The van der Waals surface area contributed by atoms with Gasteiger partial charge in [-0.1, -0.05) is 56.5 Å². The topological polar surface area (TPSA) is 9.23 Å². The molecule has 0 fully saturated rings. The van der Waals surface area contributed by atoms with Gasteiger partial charge < -0.3 is 4.74 Å². The Kier molecular flexibility index (Phi) is 6.66. The summed E-state index contributed by atoms with van der Waals surface area (Å²) in [4.78, 5) is 0. The second kappa shape index (κ2) is 8.50. The number of hydrogen-bond acceptors (Lipinski definition) is 1. The van der Waals surface area contributed by atoms with Crippen molar-refractivity contribution in [2.24, 2.45) is 5.92 Å². The third-order valence-electron chi connectivity index (χ3n) is 4.62. The van der Waals surface area contributed by atoms with Gasteiger partial charge in [0.2, 0.25) is 0 Å². The van der Waals surface area contributed by atoms with E-state index in [2.05, 4.69) is 73.3 Å². The molecule has 0 radical (unpaired) electrons. The minimum atomic E-state index is 0.643. The normalized spacial score (nSPS) is 11.0. The van der Waals surface area contributed by atoms with Gasteiger partial charge in [-0.3, -0.25) is 0 Å². The highest BCUT2D eigenvalue weighted by molar-refractivity contribution is 7.15. The lowest BCUT2D eigenvalue weighted by Crippen LogP contribution is -2.11. The fraction of sp³-hybridized carbons (Fsp3) is 0.429. The maximum Gasteiger partial charge on any atom is 0.123 e. The van der Waals surface area contributed by atoms with Crippen LogP contribution >= 0.6 is 9.24 Å². The van der Waals surface area contributed by atoms with E-state index >= 15 is 0 Å². The molecule has 0 saturated heterocycles. The Morgan fingerprint density at radius 1 is 1.00 bits per heavy atom. The summed E-state index contributed by atoms with van der Waals surface area (Å²) in [7, 11) is 2.83. The smallest absolute Gasteiger partial charge is 0.123 e. The van der Waals surface area contributed by atoms with Gasteiger partial charge in [0.15, 0.2) is 0 Å². The standard InChI is InChI=1S/C21H29OP/c1-5-17(6-2)13-22-21-11-16(4)20(12-19(21)14-23)18-9-7-15(3)8-10-18/h7-12,17H,5-6,13-14,23H2,1-4H3. The first kappa shape index (κ1) is 18.0. The maximum absolute atomic E-state index is 6.15. The van der Waals surface area contributed by atoms with Crippen molar-refractivity contribution < 1.29 is 4.74 Å². The summed E-state index contributed by atoms with van der Waals surface area (Å²) in [6.45, 7) is 9.58. The van der Waals surface area contributed by atoms with E-state index in [0.29, 0.717) is 5.92 Å². The SMILES string of the molecule is CCC(CC)COc1cc(C)c(-c2ccc(C)cc2)cc1CP. The van der Waals surface area contributed by atoms with E-state index < -0.39 is 0 Å².